The first-order valence-electron chi connectivity index (χ1n) is 7.86. The van der Waals surface area contributed by atoms with Gasteiger partial charge in [0.25, 0.3) is 0 Å². The van der Waals surface area contributed by atoms with Crippen LogP contribution in [-0.2, 0) is 27.3 Å². The third-order valence-corrected chi connectivity index (χ3v) is 3.17. The summed E-state index contributed by atoms with van der Waals surface area (Å²) in [5.41, 5.74) is 5.51. The molecule has 0 spiro atoms. The topological polar surface area (TPSA) is 0 Å². The SMILES string of the molecule is CC(C)=[SiH].[Cl][Zr+2][Cl].[c-]1cccc2c1Cc1ccccc1-2.c1cc[cH-]c1. The van der Waals surface area contributed by atoms with Gasteiger partial charge >= 0.3 is 37.9 Å². The average molecular weight is 464 g/mol. The van der Waals surface area contributed by atoms with Crippen molar-refractivity contribution in [2.45, 2.75) is 20.3 Å². The summed E-state index contributed by atoms with van der Waals surface area (Å²) in [7, 11) is 12.4. The van der Waals surface area contributed by atoms with Gasteiger partial charge in [-0.05, 0) is 30.1 Å². The molecule has 25 heavy (non-hydrogen) atoms. The van der Waals surface area contributed by atoms with Gasteiger partial charge in [0.05, 0.1) is 0 Å². The maximum atomic E-state index is 4.93. The number of rotatable bonds is 0. The fourth-order valence-electron chi connectivity index (χ4n) is 2.32. The van der Waals surface area contributed by atoms with Crippen molar-refractivity contribution in [1.82, 2.24) is 0 Å². The van der Waals surface area contributed by atoms with E-state index in [4.69, 9.17) is 17.0 Å². The molecular formula is C21H21Cl2SiZr. The first kappa shape index (κ1) is 22.4. The van der Waals surface area contributed by atoms with E-state index in [1.807, 2.05) is 50.2 Å². The Morgan fingerprint density at radius 2 is 1.56 bits per heavy atom. The fourth-order valence-corrected chi connectivity index (χ4v) is 2.32. The molecule has 3 aromatic carbocycles. The summed E-state index contributed by atoms with van der Waals surface area (Å²) in [5.74, 6) is 0. The first-order chi connectivity index (χ1) is 12.1. The molecule has 4 rings (SSSR count). The molecule has 0 amide bonds. The van der Waals surface area contributed by atoms with E-state index < -0.39 is 20.8 Å². The minimum atomic E-state index is -0.826. The van der Waals surface area contributed by atoms with Crippen LogP contribution in [0.4, 0.5) is 0 Å². The standard InChI is InChI=1S/C13H9.C5H5.C3H7Si.2ClH.Zr/c1-3-7-12-10(5-1)9-11-6-2-4-8-13(11)12;1-2-4-5-3-1;1-3(2)4;;;/h1-5,7-8H,9H2;1-5H;4H,1-2H3;2*1H;/q2*-1;;;;+4/p-2. The largest absolute Gasteiger partial charge is 0.214 e. The zero-order valence-corrected chi connectivity index (χ0v) is 19.6. The zero-order valence-electron chi connectivity index (χ0n) is 14.5. The minimum Gasteiger partial charge on any atom is -0.214 e. The summed E-state index contributed by atoms with van der Waals surface area (Å²) in [6.07, 6.45) is 1.05. The monoisotopic (exact) mass is 461 g/mol. The molecule has 1 aliphatic carbocycles. The Balaban J connectivity index is 0.000000217. The van der Waals surface area contributed by atoms with Gasteiger partial charge in [-0.2, -0.15) is 48.0 Å². The summed E-state index contributed by atoms with van der Waals surface area (Å²) in [5, 5.41) is 1.33. The Kier molecular flexibility index (Phi) is 12.1. The van der Waals surface area contributed by atoms with Gasteiger partial charge in [-0.1, -0.05) is 40.6 Å². The van der Waals surface area contributed by atoms with Gasteiger partial charge in [0.1, 0.15) is 0 Å². The van der Waals surface area contributed by atoms with Crippen molar-refractivity contribution < 1.29 is 20.8 Å². The second kappa shape index (κ2) is 13.5. The predicted octanol–water partition coefficient (Wildman–Crippen LogP) is 5.94. The third kappa shape index (κ3) is 9.01. The molecule has 0 bridgehead atoms. The van der Waals surface area contributed by atoms with Crippen LogP contribution in [0.5, 0.6) is 0 Å². The molecule has 0 saturated heterocycles. The van der Waals surface area contributed by atoms with E-state index in [1.54, 1.807) is 0 Å². The molecule has 0 saturated carbocycles. The Bertz CT molecular complexity index is 674. The van der Waals surface area contributed by atoms with E-state index >= 15 is 0 Å². The molecule has 0 fully saturated rings. The smallest absolute Gasteiger partial charge is 0.0253 e. The molecular weight excluding hydrogens is 442 g/mol. The number of benzene rings is 2. The van der Waals surface area contributed by atoms with Gasteiger partial charge in [-0.25, -0.2) is 12.1 Å². The summed E-state index contributed by atoms with van der Waals surface area (Å²) >= 11 is -0.826. The van der Waals surface area contributed by atoms with Crippen LogP contribution in [-0.4, -0.2) is 15.0 Å². The van der Waals surface area contributed by atoms with Gasteiger partial charge in [0, 0.05) is 0 Å². The van der Waals surface area contributed by atoms with Crippen LogP contribution in [0.2, 0.25) is 0 Å². The van der Waals surface area contributed by atoms with Crippen LogP contribution in [0.15, 0.2) is 72.8 Å². The minimum absolute atomic E-state index is 0.826. The van der Waals surface area contributed by atoms with Crippen LogP contribution in [0.3, 0.4) is 0 Å². The molecule has 3 aromatic rings. The van der Waals surface area contributed by atoms with Crippen LogP contribution in [0, 0.1) is 6.07 Å². The van der Waals surface area contributed by atoms with E-state index in [2.05, 4.69) is 52.3 Å². The number of hydrogen-bond acceptors (Lipinski definition) is 0. The molecule has 0 aromatic heterocycles. The number of fused-ring (bicyclic) bond motifs is 3. The van der Waals surface area contributed by atoms with Crippen molar-refractivity contribution in [2.24, 2.45) is 0 Å². The third-order valence-electron chi connectivity index (χ3n) is 3.17. The maximum Gasteiger partial charge on any atom is -0.0253 e. The Morgan fingerprint density at radius 3 is 2.12 bits per heavy atom. The fraction of sp³-hybridized carbons (Fsp3) is 0.143. The van der Waals surface area contributed by atoms with E-state index in [-0.39, 0.29) is 0 Å². The van der Waals surface area contributed by atoms with Crippen LogP contribution >= 0.6 is 17.0 Å². The second-order valence-corrected chi connectivity index (χ2v) is 10.4. The Morgan fingerprint density at radius 1 is 1.00 bits per heavy atom. The first-order valence-corrected chi connectivity index (χ1v) is 14.8. The molecule has 0 unspecified atom stereocenters. The van der Waals surface area contributed by atoms with Crippen molar-refractivity contribution in [3.63, 3.8) is 0 Å². The predicted molar refractivity (Wildman–Crippen MR) is 111 cm³/mol. The summed E-state index contributed by atoms with van der Waals surface area (Å²) in [6, 6.07) is 28.1. The number of halogens is 2. The van der Waals surface area contributed by atoms with E-state index in [9.17, 15) is 0 Å². The number of hydrogen-bond donors (Lipinski definition) is 0. The van der Waals surface area contributed by atoms with E-state index in [0.717, 1.165) is 6.42 Å². The molecule has 1 radical (unpaired) electrons. The zero-order chi connectivity index (χ0) is 18.5. The maximum absolute atomic E-state index is 4.93. The van der Waals surface area contributed by atoms with Crippen molar-refractivity contribution in [2.75, 3.05) is 0 Å². The molecule has 0 N–H and O–H groups in total. The molecule has 0 aliphatic heterocycles. The van der Waals surface area contributed by atoms with Crippen LogP contribution in [0.1, 0.15) is 25.0 Å². The van der Waals surface area contributed by atoms with Crippen molar-refractivity contribution in [3.05, 3.63) is 90.0 Å². The second-order valence-electron chi connectivity index (χ2n) is 5.51. The van der Waals surface area contributed by atoms with Gasteiger partial charge in [0.15, 0.2) is 0 Å². The molecule has 4 heteroatoms. The molecule has 127 valence electrons. The van der Waals surface area contributed by atoms with Crippen LogP contribution in [0.25, 0.3) is 11.1 Å². The average Bonchev–Trinajstić information content (AvgIpc) is 3.26. The summed E-state index contributed by atoms with van der Waals surface area (Å²) in [6.45, 7) is 4.09. The quantitative estimate of drug-likeness (QED) is 0.224. The van der Waals surface area contributed by atoms with E-state index in [1.165, 1.54) is 27.4 Å². The summed E-state index contributed by atoms with van der Waals surface area (Å²) < 4.78 is 0. The molecule has 1 aliphatic rings. The Labute approximate surface area is 173 Å². The molecule has 0 atom stereocenters. The van der Waals surface area contributed by atoms with Gasteiger partial charge in [-0.15, -0.1) is 5.56 Å². The molecule has 0 heterocycles. The van der Waals surface area contributed by atoms with Crippen LogP contribution < -0.4 is 0 Å². The van der Waals surface area contributed by atoms with Crippen molar-refractivity contribution >= 4 is 32.0 Å². The molecule has 0 nitrogen and oxygen atoms in total. The van der Waals surface area contributed by atoms with Crippen molar-refractivity contribution in [3.8, 4) is 11.1 Å². The van der Waals surface area contributed by atoms with Gasteiger partial charge in [0.2, 0.25) is 0 Å². The van der Waals surface area contributed by atoms with Crippen molar-refractivity contribution in [1.29, 1.82) is 0 Å². The van der Waals surface area contributed by atoms with Gasteiger partial charge in [-0.3, -0.25) is 0 Å². The normalized spacial score (nSPS) is 9.44. The Hall–Kier alpha value is -0.660. The summed E-state index contributed by atoms with van der Waals surface area (Å²) in [4.78, 5) is 0. The van der Waals surface area contributed by atoms with E-state index in [0.29, 0.717) is 0 Å². The van der Waals surface area contributed by atoms with Gasteiger partial charge < -0.3 is 0 Å².